The Morgan fingerprint density at radius 2 is 1.96 bits per heavy atom. The molecule has 0 unspecified atom stereocenters. The third kappa shape index (κ3) is 3.86. The normalized spacial score (nSPS) is 19.4. The van der Waals surface area contributed by atoms with Crippen molar-refractivity contribution in [2.24, 2.45) is 5.41 Å². The SMILES string of the molecule is CCc1ccc(-c2cccc(OC(F)F)c2)c([C@@H]2CCCC2(C)C)c1. The first kappa shape index (κ1) is 17.9. The maximum atomic E-state index is 12.6. The van der Waals surface area contributed by atoms with Crippen molar-refractivity contribution in [3.05, 3.63) is 53.6 Å². The van der Waals surface area contributed by atoms with Crippen molar-refractivity contribution in [2.75, 3.05) is 0 Å². The molecule has 0 aliphatic heterocycles. The zero-order valence-electron chi connectivity index (χ0n) is 15.2. The zero-order valence-corrected chi connectivity index (χ0v) is 15.2. The van der Waals surface area contributed by atoms with E-state index < -0.39 is 6.61 Å². The highest BCUT2D eigenvalue weighted by molar-refractivity contribution is 5.70. The van der Waals surface area contributed by atoms with E-state index in [1.54, 1.807) is 18.2 Å². The van der Waals surface area contributed by atoms with Gasteiger partial charge < -0.3 is 4.74 Å². The molecule has 0 saturated heterocycles. The van der Waals surface area contributed by atoms with E-state index in [0.29, 0.717) is 5.92 Å². The Morgan fingerprint density at radius 1 is 1.16 bits per heavy atom. The van der Waals surface area contributed by atoms with E-state index in [9.17, 15) is 8.78 Å². The van der Waals surface area contributed by atoms with E-state index in [4.69, 9.17) is 0 Å². The van der Waals surface area contributed by atoms with Crippen LogP contribution in [0.3, 0.4) is 0 Å². The van der Waals surface area contributed by atoms with Crippen molar-refractivity contribution >= 4 is 0 Å². The van der Waals surface area contributed by atoms with Crippen LogP contribution < -0.4 is 4.74 Å². The lowest BCUT2D eigenvalue weighted by atomic mass is 9.75. The van der Waals surface area contributed by atoms with Gasteiger partial charge in [0.2, 0.25) is 0 Å². The highest BCUT2D eigenvalue weighted by Crippen LogP contribution is 2.51. The number of rotatable bonds is 5. The van der Waals surface area contributed by atoms with Crippen LogP contribution in [-0.2, 0) is 6.42 Å². The standard InChI is InChI=1S/C22H26F2O/c1-4-15-10-11-18(16-7-5-8-17(14-16)25-21(23)24)19(13-15)20-9-6-12-22(20,2)3/h5,7-8,10-11,13-14,20-21H,4,6,9,12H2,1-3H3/t20-/m0/s1. The van der Waals surface area contributed by atoms with Crippen LogP contribution in [0.25, 0.3) is 11.1 Å². The molecule has 1 aliphatic rings. The minimum absolute atomic E-state index is 0.212. The quantitative estimate of drug-likeness (QED) is 0.579. The monoisotopic (exact) mass is 344 g/mol. The Morgan fingerprint density at radius 3 is 2.60 bits per heavy atom. The summed E-state index contributed by atoms with van der Waals surface area (Å²) in [5.74, 6) is 0.706. The highest BCUT2D eigenvalue weighted by atomic mass is 19.3. The van der Waals surface area contributed by atoms with Crippen molar-refractivity contribution in [1.82, 2.24) is 0 Å². The minimum Gasteiger partial charge on any atom is -0.435 e. The van der Waals surface area contributed by atoms with Crippen LogP contribution in [0.15, 0.2) is 42.5 Å². The molecule has 3 heteroatoms. The molecule has 0 bridgehead atoms. The molecule has 0 N–H and O–H groups in total. The Hall–Kier alpha value is -1.90. The molecular formula is C22H26F2O. The smallest absolute Gasteiger partial charge is 0.387 e. The number of hydrogen-bond acceptors (Lipinski definition) is 1. The van der Waals surface area contributed by atoms with Gasteiger partial charge in [-0.25, -0.2) is 0 Å². The molecule has 2 aromatic carbocycles. The van der Waals surface area contributed by atoms with Crippen LogP contribution in [0.1, 0.15) is 57.1 Å². The number of hydrogen-bond donors (Lipinski definition) is 0. The van der Waals surface area contributed by atoms with Gasteiger partial charge in [0.15, 0.2) is 0 Å². The predicted molar refractivity (Wildman–Crippen MR) is 98.3 cm³/mol. The molecule has 1 saturated carbocycles. The van der Waals surface area contributed by atoms with E-state index in [-0.39, 0.29) is 11.2 Å². The Bertz CT molecular complexity index is 737. The summed E-state index contributed by atoms with van der Waals surface area (Å²) in [5, 5.41) is 0. The third-order valence-corrected chi connectivity index (χ3v) is 5.53. The van der Waals surface area contributed by atoms with Crippen LogP contribution in [0, 0.1) is 5.41 Å². The minimum atomic E-state index is -2.80. The summed E-state index contributed by atoms with van der Waals surface area (Å²) in [7, 11) is 0. The summed E-state index contributed by atoms with van der Waals surface area (Å²) >= 11 is 0. The predicted octanol–water partition coefficient (Wildman–Crippen LogP) is 6.81. The molecule has 1 fully saturated rings. The first-order valence-electron chi connectivity index (χ1n) is 9.09. The van der Waals surface area contributed by atoms with Gasteiger partial charge in [0.05, 0.1) is 0 Å². The number of halogens is 2. The van der Waals surface area contributed by atoms with Gasteiger partial charge in [-0.15, -0.1) is 0 Å². The van der Waals surface area contributed by atoms with E-state index in [2.05, 4.69) is 43.7 Å². The van der Waals surface area contributed by atoms with Crippen LogP contribution in [0.2, 0.25) is 0 Å². The maximum absolute atomic E-state index is 12.6. The van der Waals surface area contributed by atoms with E-state index >= 15 is 0 Å². The number of alkyl halides is 2. The van der Waals surface area contributed by atoms with Crippen LogP contribution >= 0.6 is 0 Å². The van der Waals surface area contributed by atoms with Gasteiger partial charge in [-0.1, -0.05) is 57.5 Å². The summed E-state index contributed by atoms with van der Waals surface area (Å²) in [6, 6.07) is 13.7. The summed E-state index contributed by atoms with van der Waals surface area (Å²) in [6.07, 6.45) is 4.64. The van der Waals surface area contributed by atoms with Crippen LogP contribution in [-0.4, -0.2) is 6.61 Å². The van der Waals surface area contributed by atoms with Crippen molar-refractivity contribution in [3.63, 3.8) is 0 Å². The molecule has 1 aliphatic carbocycles. The summed E-state index contributed by atoms with van der Waals surface area (Å²) in [4.78, 5) is 0. The molecule has 134 valence electrons. The Labute approximate surface area is 149 Å². The van der Waals surface area contributed by atoms with Crippen molar-refractivity contribution in [3.8, 4) is 16.9 Å². The molecule has 25 heavy (non-hydrogen) atoms. The van der Waals surface area contributed by atoms with Crippen molar-refractivity contribution < 1.29 is 13.5 Å². The first-order chi connectivity index (χ1) is 11.9. The zero-order chi connectivity index (χ0) is 18.0. The molecule has 0 radical (unpaired) electrons. The molecule has 1 nitrogen and oxygen atoms in total. The molecule has 0 spiro atoms. The average molecular weight is 344 g/mol. The largest absolute Gasteiger partial charge is 0.435 e. The first-order valence-corrected chi connectivity index (χ1v) is 9.09. The van der Waals surface area contributed by atoms with Gasteiger partial charge >= 0.3 is 6.61 Å². The van der Waals surface area contributed by atoms with Gasteiger partial charge in [-0.05, 0) is 65.0 Å². The van der Waals surface area contributed by atoms with Crippen LogP contribution in [0.5, 0.6) is 5.75 Å². The molecule has 0 amide bonds. The lowest BCUT2D eigenvalue weighted by Gasteiger charge is -2.30. The second-order valence-corrected chi connectivity index (χ2v) is 7.61. The van der Waals surface area contributed by atoms with Gasteiger partial charge in [-0.2, -0.15) is 8.78 Å². The molecular weight excluding hydrogens is 318 g/mol. The molecule has 3 rings (SSSR count). The summed E-state index contributed by atoms with van der Waals surface area (Å²) < 4.78 is 29.7. The van der Waals surface area contributed by atoms with E-state index in [1.165, 1.54) is 30.4 Å². The van der Waals surface area contributed by atoms with Gasteiger partial charge in [-0.3, -0.25) is 0 Å². The second kappa shape index (κ2) is 7.15. The van der Waals surface area contributed by atoms with Crippen molar-refractivity contribution in [1.29, 1.82) is 0 Å². The Balaban J connectivity index is 2.07. The molecule has 2 aromatic rings. The van der Waals surface area contributed by atoms with E-state index in [0.717, 1.165) is 17.5 Å². The number of ether oxygens (including phenoxy) is 1. The maximum Gasteiger partial charge on any atom is 0.387 e. The Kier molecular flexibility index (Phi) is 5.12. The third-order valence-electron chi connectivity index (χ3n) is 5.53. The highest BCUT2D eigenvalue weighted by Gasteiger charge is 2.36. The molecule has 0 aromatic heterocycles. The van der Waals surface area contributed by atoms with Gasteiger partial charge in [0, 0.05) is 0 Å². The topological polar surface area (TPSA) is 9.23 Å². The average Bonchev–Trinajstić information content (AvgIpc) is 2.93. The number of benzene rings is 2. The van der Waals surface area contributed by atoms with Gasteiger partial charge in [0.25, 0.3) is 0 Å². The fraction of sp³-hybridized carbons (Fsp3) is 0.455. The lowest BCUT2D eigenvalue weighted by molar-refractivity contribution is -0.0498. The second-order valence-electron chi connectivity index (χ2n) is 7.61. The van der Waals surface area contributed by atoms with Crippen LogP contribution in [0.4, 0.5) is 8.78 Å². The summed E-state index contributed by atoms with van der Waals surface area (Å²) in [6.45, 7) is 4.04. The molecule has 1 atom stereocenters. The molecule has 0 heterocycles. The lowest BCUT2D eigenvalue weighted by Crippen LogP contribution is -2.16. The fourth-order valence-corrected chi connectivity index (χ4v) is 4.13. The number of aryl methyl sites for hydroxylation is 1. The van der Waals surface area contributed by atoms with Gasteiger partial charge in [0.1, 0.15) is 5.75 Å². The summed E-state index contributed by atoms with van der Waals surface area (Å²) in [5.41, 5.74) is 5.01. The van der Waals surface area contributed by atoms with Crippen molar-refractivity contribution in [2.45, 2.75) is 59.0 Å². The van der Waals surface area contributed by atoms with E-state index in [1.807, 2.05) is 6.07 Å². The fourth-order valence-electron chi connectivity index (χ4n) is 4.13.